The Morgan fingerprint density at radius 3 is 2.46 bits per heavy atom. The lowest BCUT2D eigenvalue weighted by Gasteiger charge is -2.22. The predicted molar refractivity (Wildman–Crippen MR) is 102 cm³/mol. The summed E-state index contributed by atoms with van der Waals surface area (Å²) in [5.41, 5.74) is 7.29. The number of nitriles is 2. The van der Waals surface area contributed by atoms with Crippen LogP contribution in [0.4, 0.5) is 5.82 Å². The monoisotopic (exact) mass is 349 g/mol. The highest BCUT2D eigenvalue weighted by Gasteiger charge is 2.20. The quantitative estimate of drug-likeness (QED) is 0.798. The van der Waals surface area contributed by atoms with Crippen molar-refractivity contribution in [3.63, 3.8) is 0 Å². The number of nitrogens with two attached hydrogens (primary N) is 1. The van der Waals surface area contributed by atoms with Crippen molar-refractivity contribution in [2.24, 2.45) is 0 Å². The number of hydrogen-bond donors (Lipinski definition) is 2. The molecule has 0 fully saturated rings. The Bertz CT molecular complexity index is 917. The van der Waals surface area contributed by atoms with Crippen LogP contribution in [-0.4, -0.2) is 23.0 Å². The van der Waals surface area contributed by atoms with Gasteiger partial charge in [-0.15, -0.1) is 0 Å². The fourth-order valence-electron chi connectivity index (χ4n) is 2.99. The number of unbranched alkanes of at least 4 members (excludes halogenated alkanes) is 1. The maximum Gasteiger partial charge on any atom is 0.268 e. The van der Waals surface area contributed by atoms with E-state index in [2.05, 4.69) is 23.7 Å². The van der Waals surface area contributed by atoms with Crippen molar-refractivity contribution in [2.45, 2.75) is 33.2 Å². The third-order valence-corrected chi connectivity index (χ3v) is 4.42. The van der Waals surface area contributed by atoms with E-state index in [0.29, 0.717) is 17.7 Å². The minimum atomic E-state index is -0.577. The molecule has 134 valence electrons. The first-order chi connectivity index (χ1) is 12.6. The van der Waals surface area contributed by atoms with E-state index >= 15 is 0 Å². The van der Waals surface area contributed by atoms with Crippen LogP contribution in [0.25, 0.3) is 11.1 Å². The maximum absolute atomic E-state index is 12.2. The molecular weight excluding hydrogens is 326 g/mol. The Morgan fingerprint density at radius 1 is 1.15 bits per heavy atom. The molecule has 2 rings (SSSR count). The van der Waals surface area contributed by atoms with Crippen LogP contribution in [0.3, 0.4) is 0 Å². The minimum absolute atomic E-state index is 0.0142. The molecule has 6 nitrogen and oxygen atoms in total. The maximum atomic E-state index is 12.2. The average molecular weight is 349 g/mol. The molecule has 0 aliphatic heterocycles. The van der Waals surface area contributed by atoms with Gasteiger partial charge in [0.15, 0.2) is 0 Å². The van der Waals surface area contributed by atoms with Gasteiger partial charge in [0, 0.05) is 12.1 Å². The SMILES string of the molecule is CCCCN(CC)Cc1ccccc1-c1c(C#N)c(N)[nH]c(=O)c1C#N. The predicted octanol–water partition coefficient (Wildman–Crippen LogP) is 2.99. The number of nitrogens with zero attached hydrogens (tertiary/aromatic N) is 3. The van der Waals surface area contributed by atoms with Gasteiger partial charge in [0.1, 0.15) is 29.1 Å². The minimum Gasteiger partial charge on any atom is -0.384 e. The van der Waals surface area contributed by atoms with Crippen molar-refractivity contribution in [1.29, 1.82) is 10.5 Å². The summed E-state index contributed by atoms with van der Waals surface area (Å²) in [6.07, 6.45) is 2.21. The zero-order valence-electron chi connectivity index (χ0n) is 15.2. The number of nitrogen functional groups attached to an aromatic ring is 1. The number of anilines is 1. The summed E-state index contributed by atoms with van der Waals surface area (Å²) in [6, 6.07) is 11.5. The van der Waals surface area contributed by atoms with E-state index in [1.807, 2.05) is 36.4 Å². The second-order valence-electron chi connectivity index (χ2n) is 6.10. The van der Waals surface area contributed by atoms with Gasteiger partial charge in [-0.1, -0.05) is 44.5 Å². The van der Waals surface area contributed by atoms with Crippen LogP contribution in [0.5, 0.6) is 0 Å². The summed E-state index contributed by atoms with van der Waals surface area (Å²) in [6.45, 7) is 6.79. The summed E-state index contributed by atoms with van der Waals surface area (Å²) < 4.78 is 0. The van der Waals surface area contributed by atoms with Crippen molar-refractivity contribution in [3.8, 4) is 23.3 Å². The van der Waals surface area contributed by atoms with E-state index in [0.717, 1.165) is 31.5 Å². The highest BCUT2D eigenvalue weighted by atomic mass is 16.1. The molecule has 0 aliphatic carbocycles. The number of hydrogen-bond acceptors (Lipinski definition) is 5. The molecule has 0 atom stereocenters. The van der Waals surface area contributed by atoms with Crippen molar-refractivity contribution in [2.75, 3.05) is 18.8 Å². The summed E-state index contributed by atoms with van der Waals surface area (Å²) in [5.74, 6) is -0.0142. The van der Waals surface area contributed by atoms with E-state index in [9.17, 15) is 15.3 Å². The zero-order valence-corrected chi connectivity index (χ0v) is 15.2. The van der Waals surface area contributed by atoms with Crippen LogP contribution in [0, 0.1) is 22.7 Å². The lowest BCUT2D eigenvalue weighted by molar-refractivity contribution is 0.276. The fraction of sp³-hybridized carbons (Fsp3) is 0.350. The van der Waals surface area contributed by atoms with Crippen molar-refractivity contribution >= 4 is 5.82 Å². The summed E-state index contributed by atoms with van der Waals surface area (Å²) in [7, 11) is 0. The van der Waals surface area contributed by atoms with Crippen LogP contribution >= 0.6 is 0 Å². The van der Waals surface area contributed by atoms with E-state index < -0.39 is 5.56 Å². The van der Waals surface area contributed by atoms with Crippen molar-refractivity contribution < 1.29 is 0 Å². The van der Waals surface area contributed by atoms with Crippen LogP contribution in [-0.2, 0) is 6.54 Å². The van der Waals surface area contributed by atoms with Gasteiger partial charge in [0.2, 0.25) is 0 Å². The largest absolute Gasteiger partial charge is 0.384 e. The third-order valence-electron chi connectivity index (χ3n) is 4.42. The van der Waals surface area contributed by atoms with Gasteiger partial charge < -0.3 is 10.7 Å². The number of aromatic amines is 1. The van der Waals surface area contributed by atoms with Crippen LogP contribution in [0.15, 0.2) is 29.1 Å². The molecule has 0 unspecified atom stereocenters. The second kappa shape index (κ2) is 8.84. The molecule has 1 heterocycles. The topological polar surface area (TPSA) is 110 Å². The number of nitrogens with one attached hydrogen (secondary N) is 1. The Balaban J connectivity index is 2.63. The molecule has 26 heavy (non-hydrogen) atoms. The van der Waals surface area contributed by atoms with E-state index in [1.54, 1.807) is 0 Å². The van der Waals surface area contributed by atoms with Gasteiger partial charge in [-0.25, -0.2) is 0 Å². The molecule has 6 heteroatoms. The molecular formula is C20H23N5O. The average Bonchev–Trinajstić information content (AvgIpc) is 2.65. The molecule has 0 saturated heterocycles. The molecule has 0 saturated carbocycles. The smallest absolute Gasteiger partial charge is 0.268 e. The first-order valence-electron chi connectivity index (χ1n) is 8.73. The molecule has 3 N–H and O–H groups in total. The number of aromatic nitrogens is 1. The molecule has 0 radical (unpaired) electrons. The van der Waals surface area contributed by atoms with Gasteiger partial charge in [-0.3, -0.25) is 9.69 Å². The van der Waals surface area contributed by atoms with E-state index in [-0.39, 0.29) is 16.9 Å². The van der Waals surface area contributed by atoms with Gasteiger partial charge in [0.05, 0.1) is 0 Å². The molecule has 1 aromatic carbocycles. The summed E-state index contributed by atoms with van der Waals surface area (Å²) >= 11 is 0. The van der Waals surface area contributed by atoms with E-state index in [1.165, 1.54) is 0 Å². The zero-order chi connectivity index (χ0) is 19.1. The standard InChI is InChI=1S/C20H23N5O/c1-3-5-10-25(4-2)13-14-8-6-7-9-15(14)18-16(11-21)19(23)24-20(26)17(18)12-22/h6-9H,3-5,10,13H2,1-2H3,(H3,23,24,26). The van der Waals surface area contributed by atoms with Crippen molar-refractivity contribution in [3.05, 3.63) is 51.3 Å². The molecule has 0 amide bonds. The first-order valence-corrected chi connectivity index (χ1v) is 8.73. The van der Waals surface area contributed by atoms with Crippen LogP contribution < -0.4 is 11.3 Å². The molecule has 0 aliphatic rings. The summed E-state index contributed by atoms with van der Waals surface area (Å²) in [4.78, 5) is 16.9. The van der Waals surface area contributed by atoms with Crippen LogP contribution in [0.1, 0.15) is 43.4 Å². The Kier molecular flexibility index (Phi) is 6.54. The Hall–Kier alpha value is -3.09. The lowest BCUT2D eigenvalue weighted by Crippen LogP contribution is -2.24. The Labute approximate surface area is 153 Å². The molecule has 1 aromatic heterocycles. The van der Waals surface area contributed by atoms with Gasteiger partial charge in [-0.05, 0) is 30.6 Å². The highest BCUT2D eigenvalue weighted by Crippen LogP contribution is 2.31. The number of H-pyrrole nitrogens is 1. The van der Waals surface area contributed by atoms with E-state index in [4.69, 9.17) is 5.73 Å². The number of rotatable bonds is 7. The van der Waals surface area contributed by atoms with Gasteiger partial charge in [-0.2, -0.15) is 10.5 Å². The molecule has 2 aromatic rings. The Morgan fingerprint density at radius 2 is 1.85 bits per heavy atom. The van der Waals surface area contributed by atoms with Crippen LogP contribution in [0.2, 0.25) is 0 Å². The summed E-state index contributed by atoms with van der Waals surface area (Å²) in [5, 5.41) is 19.0. The van der Waals surface area contributed by atoms with Gasteiger partial charge in [0.25, 0.3) is 5.56 Å². The van der Waals surface area contributed by atoms with Crippen molar-refractivity contribution in [1.82, 2.24) is 9.88 Å². The number of benzene rings is 1. The number of pyridine rings is 1. The molecule has 0 spiro atoms. The third kappa shape index (κ3) is 3.93. The van der Waals surface area contributed by atoms with Gasteiger partial charge >= 0.3 is 0 Å². The first kappa shape index (κ1) is 19.2. The fourth-order valence-corrected chi connectivity index (χ4v) is 2.99. The molecule has 0 bridgehead atoms. The second-order valence-corrected chi connectivity index (χ2v) is 6.10. The normalized spacial score (nSPS) is 10.5. The highest BCUT2D eigenvalue weighted by molar-refractivity contribution is 5.81. The lowest BCUT2D eigenvalue weighted by atomic mass is 9.92.